The number of hydrogen-bond donors (Lipinski definition) is 0. The SMILES string of the molecule is Cc1ccc(CSc2nnc(-c3ccccn3)n2Cc2ccco2)cc1C#N. The summed E-state index contributed by atoms with van der Waals surface area (Å²) in [4.78, 5) is 4.40. The van der Waals surface area contributed by atoms with E-state index in [2.05, 4.69) is 21.3 Å². The van der Waals surface area contributed by atoms with Crippen LogP contribution in [0.1, 0.15) is 22.5 Å². The Morgan fingerprint density at radius 1 is 1.14 bits per heavy atom. The standard InChI is InChI=1S/C21H17N5OS/c1-15-7-8-16(11-17(15)12-22)14-28-21-25-24-20(19-6-2-3-9-23-19)26(21)13-18-5-4-10-27-18/h2-11H,13-14H2,1H3. The number of rotatable bonds is 6. The van der Waals surface area contributed by atoms with Gasteiger partial charge in [0.05, 0.1) is 24.4 Å². The first kappa shape index (κ1) is 18.0. The van der Waals surface area contributed by atoms with Gasteiger partial charge in [-0.05, 0) is 48.4 Å². The van der Waals surface area contributed by atoms with Gasteiger partial charge in [0, 0.05) is 11.9 Å². The molecule has 3 aromatic heterocycles. The second-order valence-electron chi connectivity index (χ2n) is 6.24. The second kappa shape index (κ2) is 8.11. The molecule has 0 unspecified atom stereocenters. The maximum atomic E-state index is 9.24. The van der Waals surface area contributed by atoms with Gasteiger partial charge in [-0.25, -0.2) is 0 Å². The molecule has 0 spiro atoms. The van der Waals surface area contributed by atoms with Crippen molar-refractivity contribution in [2.45, 2.75) is 24.4 Å². The lowest BCUT2D eigenvalue weighted by atomic mass is 10.1. The summed E-state index contributed by atoms with van der Waals surface area (Å²) in [7, 11) is 0. The minimum absolute atomic E-state index is 0.519. The van der Waals surface area contributed by atoms with Crippen molar-refractivity contribution in [2.75, 3.05) is 0 Å². The number of hydrogen-bond acceptors (Lipinski definition) is 6. The molecule has 0 saturated heterocycles. The van der Waals surface area contributed by atoms with E-state index in [1.807, 2.05) is 60.0 Å². The molecule has 4 aromatic rings. The molecule has 0 atom stereocenters. The molecule has 0 aliphatic heterocycles. The van der Waals surface area contributed by atoms with Crippen LogP contribution in [0.15, 0.2) is 70.6 Å². The number of nitrogens with zero attached hydrogens (tertiary/aromatic N) is 5. The van der Waals surface area contributed by atoms with Gasteiger partial charge < -0.3 is 4.42 Å². The summed E-state index contributed by atoms with van der Waals surface area (Å²) < 4.78 is 7.52. The zero-order chi connectivity index (χ0) is 19.3. The fraction of sp³-hybridized carbons (Fsp3) is 0.143. The highest BCUT2D eigenvalue weighted by molar-refractivity contribution is 7.98. The topological polar surface area (TPSA) is 80.5 Å². The van der Waals surface area contributed by atoms with Gasteiger partial charge in [0.25, 0.3) is 0 Å². The van der Waals surface area contributed by atoms with Crippen LogP contribution >= 0.6 is 11.8 Å². The minimum Gasteiger partial charge on any atom is -0.467 e. The average molecular weight is 387 g/mol. The Kier molecular flexibility index (Phi) is 5.22. The zero-order valence-corrected chi connectivity index (χ0v) is 16.1. The van der Waals surface area contributed by atoms with Gasteiger partial charge in [0.15, 0.2) is 11.0 Å². The molecule has 0 N–H and O–H groups in total. The fourth-order valence-electron chi connectivity index (χ4n) is 2.81. The first-order valence-corrected chi connectivity index (χ1v) is 9.72. The molecule has 0 bridgehead atoms. The quantitative estimate of drug-likeness (QED) is 0.455. The molecule has 0 saturated carbocycles. The summed E-state index contributed by atoms with van der Waals surface area (Å²) in [5, 5.41) is 18.8. The third kappa shape index (κ3) is 3.82. The van der Waals surface area contributed by atoms with Crippen LogP contribution in [-0.4, -0.2) is 19.7 Å². The van der Waals surface area contributed by atoms with Gasteiger partial charge in [-0.1, -0.05) is 30.0 Å². The summed E-state index contributed by atoms with van der Waals surface area (Å²) in [6.07, 6.45) is 3.40. The third-order valence-electron chi connectivity index (χ3n) is 4.30. The molecule has 6 nitrogen and oxygen atoms in total. The molecule has 0 aliphatic carbocycles. The molecule has 28 heavy (non-hydrogen) atoms. The van der Waals surface area contributed by atoms with Crippen molar-refractivity contribution in [3.63, 3.8) is 0 Å². The maximum absolute atomic E-state index is 9.24. The van der Waals surface area contributed by atoms with E-state index in [1.165, 1.54) is 0 Å². The molecule has 0 radical (unpaired) electrons. The number of aryl methyl sites for hydroxylation is 1. The molecule has 7 heteroatoms. The number of nitriles is 1. The normalized spacial score (nSPS) is 10.7. The Labute approximate surface area is 166 Å². The first-order valence-electron chi connectivity index (χ1n) is 8.74. The molecule has 0 aliphatic rings. The van der Waals surface area contributed by atoms with E-state index in [0.29, 0.717) is 23.7 Å². The van der Waals surface area contributed by atoms with E-state index in [9.17, 15) is 5.26 Å². The van der Waals surface area contributed by atoms with E-state index < -0.39 is 0 Å². The van der Waals surface area contributed by atoms with Gasteiger partial charge in [0.1, 0.15) is 11.5 Å². The molecule has 0 fully saturated rings. The van der Waals surface area contributed by atoms with Crippen molar-refractivity contribution in [2.24, 2.45) is 0 Å². The maximum Gasteiger partial charge on any atom is 0.192 e. The van der Waals surface area contributed by atoms with E-state index in [4.69, 9.17) is 4.42 Å². The smallest absolute Gasteiger partial charge is 0.192 e. The van der Waals surface area contributed by atoms with Crippen molar-refractivity contribution >= 4 is 11.8 Å². The van der Waals surface area contributed by atoms with Crippen LogP contribution in [0.25, 0.3) is 11.5 Å². The van der Waals surface area contributed by atoms with Crippen molar-refractivity contribution in [1.82, 2.24) is 19.7 Å². The summed E-state index contributed by atoms with van der Waals surface area (Å²) in [6.45, 7) is 2.46. The molecule has 4 rings (SSSR count). The van der Waals surface area contributed by atoms with E-state index >= 15 is 0 Å². The molecule has 1 aromatic carbocycles. The Hall–Kier alpha value is -3.37. The lowest BCUT2D eigenvalue weighted by Gasteiger charge is -2.09. The average Bonchev–Trinajstić information content (AvgIpc) is 3.38. The number of pyridine rings is 1. The Morgan fingerprint density at radius 2 is 2.07 bits per heavy atom. The number of thioether (sulfide) groups is 1. The molecule has 0 amide bonds. The monoisotopic (exact) mass is 387 g/mol. The summed E-state index contributed by atoms with van der Waals surface area (Å²) in [5.74, 6) is 2.20. The van der Waals surface area contributed by atoms with Crippen LogP contribution in [-0.2, 0) is 12.3 Å². The highest BCUT2D eigenvalue weighted by Crippen LogP contribution is 2.27. The van der Waals surface area contributed by atoms with Crippen molar-refractivity contribution in [3.8, 4) is 17.6 Å². The van der Waals surface area contributed by atoms with Crippen LogP contribution in [0, 0.1) is 18.3 Å². The summed E-state index contributed by atoms with van der Waals surface area (Å²) in [6, 6.07) is 17.7. The van der Waals surface area contributed by atoms with E-state index in [0.717, 1.165) is 27.7 Å². The van der Waals surface area contributed by atoms with Gasteiger partial charge >= 0.3 is 0 Å². The molecular weight excluding hydrogens is 370 g/mol. The Morgan fingerprint density at radius 3 is 2.82 bits per heavy atom. The lowest BCUT2D eigenvalue weighted by Crippen LogP contribution is -2.04. The van der Waals surface area contributed by atoms with Gasteiger partial charge in [0.2, 0.25) is 0 Å². The first-order chi connectivity index (χ1) is 13.7. The van der Waals surface area contributed by atoms with E-state index in [1.54, 1.807) is 24.2 Å². The van der Waals surface area contributed by atoms with Crippen molar-refractivity contribution in [1.29, 1.82) is 5.26 Å². The molecule has 138 valence electrons. The van der Waals surface area contributed by atoms with Gasteiger partial charge in [-0.15, -0.1) is 10.2 Å². The second-order valence-corrected chi connectivity index (χ2v) is 7.18. The van der Waals surface area contributed by atoms with Crippen LogP contribution in [0.2, 0.25) is 0 Å². The summed E-state index contributed by atoms with van der Waals surface area (Å²) >= 11 is 1.57. The van der Waals surface area contributed by atoms with Gasteiger partial charge in [-0.3, -0.25) is 9.55 Å². The summed E-state index contributed by atoms with van der Waals surface area (Å²) in [5.41, 5.74) is 3.51. The predicted molar refractivity (Wildman–Crippen MR) is 107 cm³/mol. The number of aromatic nitrogens is 4. The minimum atomic E-state index is 0.519. The highest BCUT2D eigenvalue weighted by atomic mass is 32.2. The van der Waals surface area contributed by atoms with Crippen molar-refractivity contribution in [3.05, 3.63) is 83.4 Å². The highest BCUT2D eigenvalue weighted by Gasteiger charge is 2.17. The van der Waals surface area contributed by atoms with Crippen LogP contribution in [0.5, 0.6) is 0 Å². The van der Waals surface area contributed by atoms with Crippen LogP contribution in [0.4, 0.5) is 0 Å². The van der Waals surface area contributed by atoms with Crippen LogP contribution < -0.4 is 0 Å². The van der Waals surface area contributed by atoms with Crippen molar-refractivity contribution < 1.29 is 4.42 Å². The third-order valence-corrected chi connectivity index (χ3v) is 5.33. The van der Waals surface area contributed by atoms with Gasteiger partial charge in [-0.2, -0.15) is 5.26 Å². The molecule has 3 heterocycles. The Bertz CT molecular complexity index is 1110. The molecular formula is C21H17N5OS. The lowest BCUT2D eigenvalue weighted by molar-refractivity contribution is 0.485. The zero-order valence-electron chi connectivity index (χ0n) is 15.2. The van der Waals surface area contributed by atoms with E-state index in [-0.39, 0.29) is 0 Å². The van der Waals surface area contributed by atoms with Crippen LogP contribution in [0.3, 0.4) is 0 Å². The predicted octanol–water partition coefficient (Wildman–Crippen LogP) is 4.45. The number of furan rings is 1. The fourth-order valence-corrected chi connectivity index (χ4v) is 3.69. The number of benzene rings is 1. The Balaban J connectivity index is 1.63. The largest absolute Gasteiger partial charge is 0.467 e.